The van der Waals surface area contributed by atoms with E-state index in [2.05, 4.69) is 11.8 Å². The van der Waals surface area contributed by atoms with Crippen molar-refractivity contribution < 1.29 is 13.9 Å². The zero-order valence-corrected chi connectivity index (χ0v) is 11.4. The van der Waals surface area contributed by atoms with Crippen LogP contribution in [0.2, 0.25) is 0 Å². The van der Waals surface area contributed by atoms with E-state index < -0.39 is 0 Å². The summed E-state index contributed by atoms with van der Waals surface area (Å²) < 4.78 is 26.6. The molecule has 0 saturated heterocycles. The first-order valence-electron chi connectivity index (χ1n) is 5.95. The molecule has 0 aromatic heterocycles. The maximum absolute atomic E-state index is 13.8. The first-order chi connectivity index (χ1) is 9.69. The number of benzene rings is 2. The molecule has 0 radical (unpaired) electrons. The highest BCUT2D eigenvalue weighted by Crippen LogP contribution is 2.24. The monoisotopic (exact) mass is 290 g/mol. The quantitative estimate of drug-likeness (QED) is 0.688. The molecule has 0 saturated carbocycles. The van der Waals surface area contributed by atoms with E-state index in [1.807, 2.05) is 0 Å². The van der Waals surface area contributed by atoms with E-state index in [4.69, 9.17) is 5.11 Å². The molecule has 2 rings (SSSR count). The van der Waals surface area contributed by atoms with Crippen molar-refractivity contribution in [2.75, 3.05) is 6.61 Å². The normalized spacial score (nSPS) is 9.95. The van der Waals surface area contributed by atoms with Gasteiger partial charge in [-0.05, 0) is 42.0 Å². The van der Waals surface area contributed by atoms with Crippen LogP contribution in [0.4, 0.5) is 8.78 Å². The maximum atomic E-state index is 13.8. The van der Waals surface area contributed by atoms with E-state index in [1.54, 1.807) is 24.3 Å². The average molecular weight is 290 g/mol. The van der Waals surface area contributed by atoms with Crippen LogP contribution in [0.3, 0.4) is 0 Å². The summed E-state index contributed by atoms with van der Waals surface area (Å²) in [6, 6.07) is 10.8. The number of halogens is 2. The minimum atomic E-state index is -0.329. The Labute approximate surface area is 120 Å². The SMILES string of the molecule is OCC#Cc1ccc(CSc2ccc(F)cc2)c(F)c1. The summed E-state index contributed by atoms with van der Waals surface area (Å²) in [6.45, 7) is -0.246. The largest absolute Gasteiger partial charge is 0.384 e. The van der Waals surface area contributed by atoms with Gasteiger partial charge >= 0.3 is 0 Å². The molecule has 0 aliphatic heterocycles. The molecule has 4 heteroatoms. The van der Waals surface area contributed by atoms with E-state index in [1.165, 1.54) is 30.0 Å². The van der Waals surface area contributed by atoms with E-state index >= 15 is 0 Å². The molecule has 0 atom stereocenters. The van der Waals surface area contributed by atoms with Crippen LogP contribution >= 0.6 is 11.8 Å². The molecule has 0 fully saturated rings. The van der Waals surface area contributed by atoms with Crippen LogP contribution in [-0.4, -0.2) is 11.7 Å². The molecule has 0 aliphatic rings. The highest BCUT2D eigenvalue weighted by atomic mass is 32.2. The minimum Gasteiger partial charge on any atom is -0.384 e. The van der Waals surface area contributed by atoms with Gasteiger partial charge in [0.2, 0.25) is 0 Å². The molecule has 1 nitrogen and oxygen atoms in total. The van der Waals surface area contributed by atoms with Gasteiger partial charge in [-0.15, -0.1) is 11.8 Å². The number of hydrogen-bond donors (Lipinski definition) is 1. The van der Waals surface area contributed by atoms with Crippen LogP contribution < -0.4 is 0 Å². The summed E-state index contributed by atoms with van der Waals surface area (Å²) >= 11 is 1.44. The third-order valence-corrected chi connectivity index (χ3v) is 3.63. The topological polar surface area (TPSA) is 20.2 Å². The Morgan fingerprint density at radius 1 is 1.05 bits per heavy atom. The first kappa shape index (κ1) is 14.6. The van der Waals surface area contributed by atoms with Crippen LogP contribution in [0.15, 0.2) is 47.4 Å². The highest BCUT2D eigenvalue weighted by Gasteiger charge is 2.04. The van der Waals surface area contributed by atoms with E-state index in [0.717, 1.165) is 4.90 Å². The van der Waals surface area contributed by atoms with Crippen molar-refractivity contribution in [3.8, 4) is 11.8 Å². The first-order valence-corrected chi connectivity index (χ1v) is 6.94. The van der Waals surface area contributed by atoms with Crippen LogP contribution in [0.1, 0.15) is 11.1 Å². The molecule has 1 N–H and O–H groups in total. The number of aliphatic hydroxyl groups is 1. The lowest BCUT2D eigenvalue weighted by Crippen LogP contribution is -1.89. The van der Waals surface area contributed by atoms with Gasteiger partial charge in [0.1, 0.15) is 18.2 Å². The number of rotatable bonds is 3. The summed E-state index contributed by atoms with van der Waals surface area (Å²) in [5, 5.41) is 8.58. The second kappa shape index (κ2) is 7.09. The van der Waals surface area contributed by atoms with Crippen LogP contribution in [0.25, 0.3) is 0 Å². The smallest absolute Gasteiger partial charge is 0.128 e. The molecule has 102 valence electrons. The molecule has 0 amide bonds. The van der Waals surface area contributed by atoms with Gasteiger partial charge in [-0.1, -0.05) is 17.9 Å². The predicted molar refractivity (Wildman–Crippen MR) is 76.3 cm³/mol. The van der Waals surface area contributed by atoms with Crippen molar-refractivity contribution in [2.24, 2.45) is 0 Å². The fraction of sp³-hybridized carbons (Fsp3) is 0.125. The number of thioether (sulfide) groups is 1. The van der Waals surface area contributed by atoms with Gasteiger partial charge in [-0.2, -0.15) is 0 Å². The summed E-state index contributed by atoms with van der Waals surface area (Å²) in [5.74, 6) is 4.98. The Bertz CT molecular complexity index is 642. The molecular weight excluding hydrogens is 278 g/mol. The standard InChI is InChI=1S/C16H12F2OS/c17-14-5-7-15(8-6-14)20-11-13-4-3-12(2-1-9-19)10-16(13)18/h3-8,10,19H,9,11H2. The van der Waals surface area contributed by atoms with E-state index in [-0.39, 0.29) is 18.2 Å². The Kier molecular flexibility index (Phi) is 5.16. The molecule has 20 heavy (non-hydrogen) atoms. The third-order valence-electron chi connectivity index (χ3n) is 2.57. The second-order valence-corrected chi connectivity index (χ2v) is 5.06. The van der Waals surface area contributed by atoms with Crippen LogP contribution in [0.5, 0.6) is 0 Å². The summed E-state index contributed by atoms with van der Waals surface area (Å²) in [4.78, 5) is 0.884. The number of hydrogen-bond acceptors (Lipinski definition) is 2. The van der Waals surface area contributed by atoms with Gasteiger partial charge in [0.25, 0.3) is 0 Å². The summed E-state index contributed by atoms with van der Waals surface area (Å²) in [7, 11) is 0. The van der Waals surface area contributed by atoms with Crippen LogP contribution in [0, 0.1) is 23.5 Å². The van der Waals surface area contributed by atoms with Crippen molar-refractivity contribution in [1.82, 2.24) is 0 Å². The van der Waals surface area contributed by atoms with E-state index in [0.29, 0.717) is 16.9 Å². The zero-order chi connectivity index (χ0) is 14.4. The predicted octanol–water partition coefficient (Wildman–Crippen LogP) is 3.60. The summed E-state index contributed by atoms with van der Waals surface area (Å²) in [5.41, 5.74) is 1.10. The molecular formula is C16H12F2OS. The van der Waals surface area contributed by atoms with Gasteiger partial charge in [0.05, 0.1) is 0 Å². The van der Waals surface area contributed by atoms with Gasteiger partial charge < -0.3 is 5.11 Å². The minimum absolute atomic E-state index is 0.246. The van der Waals surface area contributed by atoms with Crippen LogP contribution in [-0.2, 0) is 5.75 Å². The lowest BCUT2D eigenvalue weighted by Gasteiger charge is -2.04. The van der Waals surface area contributed by atoms with Gasteiger partial charge in [-0.25, -0.2) is 8.78 Å². The number of aliphatic hydroxyl groups excluding tert-OH is 1. The molecule has 0 spiro atoms. The Morgan fingerprint density at radius 3 is 2.45 bits per heavy atom. The molecule has 0 bridgehead atoms. The Morgan fingerprint density at radius 2 is 1.80 bits per heavy atom. The zero-order valence-electron chi connectivity index (χ0n) is 10.6. The highest BCUT2D eigenvalue weighted by molar-refractivity contribution is 7.98. The molecule has 0 unspecified atom stereocenters. The van der Waals surface area contributed by atoms with Gasteiger partial charge in [0, 0.05) is 16.2 Å². The van der Waals surface area contributed by atoms with Crippen molar-refractivity contribution in [1.29, 1.82) is 0 Å². The third kappa shape index (κ3) is 4.09. The molecule has 2 aromatic carbocycles. The average Bonchev–Trinajstić information content (AvgIpc) is 2.46. The Balaban J connectivity index is 2.04. The lowest BCUT2D eigenvalue weighted by atomic mass is 10.1. The van der Waals surface area contributed by atoms with Gasteiger partial charge in [-0.3, -0.25) is 0 Å². The second-order valence-electron chi connectivity index (χ2n) is 4.01. The van der Waals surface area contributed by atoms with Crippen molar-refractivity contribution >= 4 is 11.8 Å². The fourth-order valence-corrected chi connectivity index (χ4v) is 2.46. The lowest BCUT2D eigenvalue weighted by molar-refractivity contribution is 0.350. The summed E-state index contributed by atoms with van der Waals surface area (Å²) in [6.07, 6.45) is 0. The molecule has 0 heterocycles. The van der Waals surface area contributed by atoms with Crippen molar-refractivity contribution in [2.45, 2.75) is 10.6 Å². The molecule has 2 aromatic rings. The maximum Gasteiger partial charge on any atom is 0.128 e. The van der Waals surface area contributed by atoms with Crippen molar-refractivity contribution in [3.05, 3.63) is 65.2 Å². The Hall–Kier alpha value is -1.83. The van der Waals surface area contributed by atoms with Gasteiger partial charge in [0.15, 0.2) is 0 Å². The fourth-order valence-electron chi connectivity index (χ4n) is 1.58. The van der Waals surface area contributed by atoms with Crippen molar-refractivity contribution in [3.63, 3.8) is 0 Å². The van der Waals surface area contributed by atoms with E-state index in [9.17, 15) is 8.78 Å². The molecule has 0 aliphatic carbocycles.